The van der Waals surface area contributed by atoms with Crippen molar-refractivity contribution in [2.75, 3.05) is 0 Å². The summed E-state index contributed by atoms with van der Waals surface area (Å²) in [6.07, 6.45) is 4.57. The SMILES string of the molecule is CC(C)(C)[Si](C)(C)OC1[C@@H]2C(=O)[C@@H]3[C@H]4C5C6[C@@H](C=C[C@@H]63)[C@H]3C(=O)[C@@H]1[C@@H]([C@@H]53)[C@H]42. The maximum Gasteiger partial charge on any atom is 0.192 e. The first kappa shape index (κ1) is 16.1. The topological polar surface area (TPSA) is 43.4 Å². The van der Waals surface area contributed by atoms with Crippen LogP contribution < -0.4 is 0 Å². The standard InChI is InChI=1S/C23H30O3Si/c1-23(2,3)27(4,5)26-22-18-16-14-11(20(18)24)8-6-7-9-10(8)13(14)15-12(9)21(25)19(22)17(15)16/h6-19,22H,1-5H3/t8-,9+,10?,11-,12+,13?,14-,15+,16-,17-,18-,19-,22?/m0/s1. The Morgan fingerprint density at radius 3 is 1.63 bits per heavy atom. The van der Waals surface area contributed by atoms with Gasteiger partial charge in [0.2, 0.25) is 0 Å². The third kappa shape index (κ3) is 1.42. The maximum atomic E-state index is 13.7. The molecule has 27 heavy (non-hydrogen) atoms. The van der Waals surface area contributed by atoms with E-state index in [1.54, 1.807) is 0 Å². The molecule has 7 rings (SSSR count). The molecule has 0 saturated heterocycles. The first-order chi connectivity index (χ1) is 12.6. The zero-order valence-corrected chi connectivity index (χ0v) is 17.9. The normalized spacial score (nSPS) is 60.6. The van der Waals surface area contributed by atoms with Crippen LogP contribution in [0.2, 0.25) is 18.1 Å². The molecular formula is C23H30O3Si. The van der Waals surface area contributed by atoms with Gasteiger partial charge < -0.3 is 4.43 Å². The van der Waals surface area contributed by atoms with E-state index < -0.39 is 8.32 Å². The number of ketones is 2. The van der Waals surface area contributed by atoms with Gasteiger partial charge in [-0.25, -0.2) is 0 Å². The highest BCUT2D eigenvalue weighted by Gasteiger charge is 2.85. The molecule has 7 aliphatic rings. The minimum absolute atomic E-state index is 0.0213. The van der Waals surface area contributed by atoms with Gasteiger partial charge in [0.15, 0.2) is 8.32 Å². The Kier molecular flexibility index (Phi) is 2.52. The molecule has 0 heterocycles. The molecular weight excluding hydrogens is 352 g/mol. The van der Waals surface area contributed by atoms with Crippen molar-refractivity contribution in [3.63, 3.8) is 0 Å². The van der Waals surface area contributed by atoms with E-state index in [0.29, 0.717) is 58.9 Å². The van der Waals surface area contributed by atoms with Crippen LogP contribution in [0, 0.1) is 71.0 Å². The van der Waals surface area contributed by atoms with E-state index in [2.05, 4.69) is 46.0 Å². The van der Waals surface area contributed by atoms with E-state index in [4.69, 9.17) is 4.43 Å². The Hall–Kier alpha value is -0.743. The Labute approximate surface area is 162 Å². The molecule has 6 fully saturated rings. The van der Waals surface area contributed by atoms with E-state index in [1.165, 1.54) is 0 Å². The number of Topliss-reactive ketones (excluding diaryl/α,β-unsaturated/α-hetero) is 2. The van der Waals surface area contributed by atoms with E-state index >= 15 is 0 Å². The number of carbonyl (C=O) groups excluding carboxylic acids is 2. The average Bonchev–Trinajstić information content (AvgIpc) is 3.29. The summed E-state index contributed by atoms with van der Waals surface area (Å²) in [7, 11) is -2.02. The summed E-state index contributed by atoms with van der Waals surface area (Å²) < 4.78 is 6.94. The Morgan fingerprint density at radius 1 is 0.741 bits per heavy atom. The summed E-state index contributed by atoms with van der Waals surface area (Å²) in [6.45, 7) is 11.3. The predicted molar refractivity (Wildman–Crippen MR) is 103 cm³/mol. The first-order valence-electron chi connectivity index (χ1n) is 11.1. The van der Waals surface area contributed by atoms with Gasteiger partial charge in [0, 0.05) is 23.7 Å². The van der Waals surface area contributed by atoms with Crippen molar-refractivity contribution in [2.24, 2.45) is 71.0 Å². The van der Waals surface area contributed by atoms with Crippen LogP contribution in [0.5, 0.6) is 0 Å². The molecule has 13 atom stereocenters. The van der Waals surface area contributed by atoms with Crippen molar-refractivity contribution >= 4 is 19.9 Å². The fourth-order valence-corrected chi connectivity index (χ4v) is 10.8. The zero-order valence-electron chi connectivity index (χ0n) is 16.9. The van der Waals surface area contributed by atoms with Gasteiger partial charge >= 0.3 is 0 Å². The van der Waals surface area contributed by atoms with E-state index in [-0.39, 0.29) is 34.8 Å². The molecule has 4 heteroatoms. The second-order valence-corrected chi connectivity index (χ2v) is 17.0. The average molecular weight is 383 g/mol. The van der Waals surface area contributed by atoms with Gasteiger partial charge in [0.25, 0.3) is 0 Å². The summed E-state index contributed by atoms with van der Waals surface area (Å²) in [6, 6.07) is 0. The van der Waals surface area contributed by atoms with Gasteiger partial charge in [0.05, 0.1) is 6.10 Å². The van der Waals surface area contributed by atoms with Crippen LogP contribution in [-0.4, -0.2) is 26.0 Å². The van der Waals surface area contributed by atoms with Crippen LogP contribution in [0.3, 0.4) is 0 Å². The first-order valence-corrected chi connectivity index (χ1v) is 14.0. The van der Waals surface area contributed by atoms with Crippen molar-refractivity contribution in [1.82, 2.24) is 0 Å². The number of carbonyl (C=O) groups is 2. The quantitative estimate of drug-likeness (QED) is 0.542. The highest BCUT2D eigenvalue weighted by Crippen LogP contribution is 2.82. The van der Waals surface area contributed by atoms with Gasteiger partial charge in [-0.2, -0.15) is 0 Å². The Bertz CT molecular complexity index is 785. The smallest absolute Gasteiger partial charge is 0.192 e. The van der Waals surface area contributed by atoms with Crippen LogP contribution in [0.4, 0.5) is 0 Å². The molecule has 6 saturated carbocycles. The highest BCUT2D eigenvalue weighted by atomic mass is 28.4. The van der Waals surface area contributed by atoms with Crippen molar-refractivity contribution in [2.45, 2.75) is 45.0 Å². The predicted octanol–water partition coefficient (Wildman–Crippen LogP) is 3.56. The molecule has 0 aromatic heterocycles. The zero-order chi connectivity index (χ0) is 18.8. The van der Waals surface area contributed by atoms with Gasteiger partial charge in [0.1, 0.15) is 11.6 Å². The third-order valence-corrected chi connectivity index (χ3v) is 15.3. The van der Waals surface area contributed by atoms with E-state index in [0.717, 1.165) is 0 Å². The molecule has 0 radical (unpaired) electrons. The minimum atomic E-state index is -2.02. The largest absolute Gasteiger partial charge is 0.412 e. The number of hydrogen-bond donors (Lipinski definition) is 0. The summed E-state index contributed by atoms with van der Waals surface area (Å²) >= 11 is 0. The highest BCUT2D eigenvalue weighted by molar-refractivity contribution is 6.74. The monoisotopic (exact) mass is 382 g/mol. The van der Waals surface area contributed by atoms with E-state index in [9.17, 15) is 9.59 Å². The number of fused-ring (bicyclic) bond motifs is 2. The van der Waals surface area contributed by atoms with Crippen molar-refractivity contribution < 1.29 is 14.0 Å². The second-order valence-electron chi connectivity index (χ2n) is 12.3. The molecule has 144 valence electrons. The lowest BCUT2D eigenvalue weighted by Crippen LogP contribution is -2.49. The van der Waals surface area contributed by atoms with Gasteiger partial charge in [-0.15, -0.1) is 0 Å². The lowest BCUT2D eigenvalue weighted by atomic mass is 9.78. The molecule has 0 aliphatic heterocycles. The molecule has 0 bridgehead atoms. The number of rotatable bonds is 2. The molecule has 3 unspecified atom stereocenters. The van der Waals surface area contributed by atoms with Crippen LogP contribution in [0.15, 0.2) is 12.2 Å². The Morgan fingerprint density at radius 2 is 1.19 bits per heavy atom. The van der Waals surface area contributed by atoms with Crippen molar-refractivity contribution in [1.29, 1.82) is 0 Å². The van der Waals surface area contributed by atoms with E-state index in [1.807, 2.05) is 0 Å². The van der Waals surface area contributed by atoms with Crippen molar-refractivity contribution in [3.8, 4) is 0 Å². The Balaban J connectivity index is 1.39. The second kappa shape index (κ2) is 4.23. The number of hydrogen-bond acceptors (Lipinski definition) is 3. The lowest BCUT2D eigenvalue weighted by molar-refractivity contribution is -0.132. The number of allylic oxidation sites excluding steroid dienone is 2. The molecule has 0 aromatic rings. The third-order valence-electron chi connectivity index (χ3n) is 10.9. The van der Waals surface area contributed by atoms with Crippen LogP contribution in [0.25, 0.3) is 0 Å². The minimum Gasteiger partial charge on any atom is -0.412 e. The summed E-state index contributed by atoms with van der Waals surface area (Å²) in [5.74, 6) is 5.76. The van der Waals surface area contributed by atoms with Gasteiger partial charge in [-0.05, 0) is 65.5 Å². The molecule has 7 aliphatic carbocycles. The van der Waals surface area contributed by atoms with Crippen LogP contribution in [0.1, 0.15) is 20.8 Å². The molecule has 0 N–H and O–H groups in total. The van der Waals surface area contributed by atoms with Gasteiger partial charge in [-0.1, -0.05) is 32.9 Å². The van der Waals surface area contributed by atoms with Crippen LogP contribution in [-0.2, 0) is 14.0 Å². The lowest BCUT2D eigenvalue weighted by Gasteiger charge is -2.41. The van der Waals surface area contributed by atoms with Crippen molar-refractivity contribution in [3.05, 3.63) is 12.2 Å². The fourth-order valence-electron chi connectivity index (χ4n) is 9.46. The summed E-state index contributed by atoms with van der Waals surface area (Å²) in [5, 5.41) is 0.105. The van der Waals surface area contributed by atoms with Gasteiger partial charge in [-0.3, -0.25) is 9.59 Å². The van der Waals surface area contributed by atoms with Crippen LogP contribution >= 0.6 is 0 Å². The molecule has 0 aromatic carbocycles. The summed E-state index contributed by atoms with van der Waals surface area (Å²) in [5.41, 5.74) is 0. The summed E-state index contributed by atoms with van der Waals surface area (Å²) in [4.78, 5) is 27.4. The molecule has 0 amide bonds. The fraction of sp³-hybridized carbons (Fsp3) is 0.826. The molecule has 3 nitrogen and oxygen atoms in total. The molecule has 0 spiro atoms. The maximum absolute atomic E-state index is 13.7.